The number of pyridine rings is 1. The number of anilines is 1. The van der Waals surface area contributed by atoms with Gasteiger partial charge < -0.3 is 15.4 Å². The minimum absolute atomic E-state index is 0.199. The number of halogens is 5. The topological polar surface area (TPSA) is 132 Å². The molecule has 0 radical (unpaired) electrons. The number of ether oxygens (including phenoxy) is 1. The summed E-state index contributed by atoms with van der Waals surface area (Å²) in [6.07, 6.45) is 2.03. The van der Waals surface area contributed by atoms with Gasteiger partial charge in [-0.15, -0.1) is 0 Å². The first-order valence-electron chi connectivity index (χ1n) is 12.5. The molecule has 0 spiro atoms. The van der Waals surface area contributed by atoms with Crippen molar-refractivity contribution >= 4 is 27.6 Å². The summed E-state index contributed by atoms with van der Waals surface area (Å²) in [6, 6.07) is 9.86. The number of sulfonamides is 1. The summed E-state index contributed by atoms with van der Waals surface area (Å²) in [7, 11) is -4.69. The van der Waals surface area contributed by atoms with E-state index in [4.69, 9.17) is 21.5 Å². The van der Waals surface area contributed by atoms with E-state index in [2.05, 4.69) is 25.6 Å². The number of nitrogens with zero attached hydrogens (tertiary/aromatic N) is 3. The van der Waals surface area contributed by atoms with Crippen LogP contribution in [0, 0.1) is 17.5 Å². The first kappa shape index (κ1) is 29.6. The van der Waals surface area contributed by atoms with Crippen LogP contribution in [0.25, 0.3) is 11.3 Å². The number of nitrogens with two attached hydrogens (primary N) is 1. The van der Waals surface area contributed by atoms with Crippen molar-refractivity contribution in [2.45, 2.75) is 23.9 Å². The van der Waals surface area contributed by atoms with Crippen LogP contribution in [0.15, 0.2) is 60.9 Å². The highest BCUT2D eigenvalue weighted by Gasteiger charge is 2.34. The number of benzene rings is 2. The standard InChI is InChI=1S/C27H23ClF4N6O3S/c28-19-11-18(25(42(33,39)40)16-4-1-2-6-20(16)30)22(31)23(32)24(19)41-26-17(5-3-8-35-26)21-7-9-36-27(38-21)37-15-10-14(29)12-34-13-15/h1-9,11,14-15,25,34H,10,12-13H2,(H2,33,39,40)(H,36,37,38)/t14-,15-,25?/m0/s1. The Hall–Kier alpha value is -3.85. The lowest BCUT2D eigenvalue weighted by atomic mass is 10.0. The minimum Gasteiger partial charge on any atom is -0.434 e. The van der Waals surface area contributed by atoms with Crippen LogP contribution in [0.5, 0.6) is 11.6 Å². The predicted octanol–water partition coefficient (Wildman–Crippen LogP) is 4.89. The van der Waals surface area contributed by atoms with Crippen LogP contribution in [0.1, 0.15) is 22.8 Å². The average Bonchev–Trinajstić information content (AvgIpc) is 2.95. The van der Waals surface area contributed by atoms with Gasteiger partial charge in [-0.1, -0.05) is 29.8 Å². The maximum Gasteiger partial charge on any atom is 0.228 e. The van der Waals surface area contributed by atoms with Gasteiger partial charge in [-0.05, 0) is 30.3 Å². The Morgan fingerprint density at radius 3 is 2.55 bits per heavy atom. The van der Waals surface area contributed by atoms with Gasteiger partial charge in [-0.2, -0.15) is 4.39 Å². The molecule has 1 fully saturated rings. The van der Waals surface area contributed by atoms with E-state index >= 15 is 8.78 Å². The Kier molecular flexibility index (Phi) is 8.59. The summed E-state index contributed by atoms with van der Waals surface area (Å²) in [5.74, 6) is -5.10. The summed E-state index contributed by atoms with van der Waals surface area (Å²) < 4.78 is 89.6. The van der Waals surface area contributed by atoms with Crippen molar-refractivity contribution in [2.24, 2.45) is 5.14 Å². The summed E-state index contributed by atoms with van der Waals surface area (Å²) >= 11 is 6.26. The quantitative estimate of drug-likeness (QED) is 0.187. The molecule has 4 N–H and O–H groups in total. The zero-order chi connectivity index (χ0) is 30.0. The van der Waals surface area contributed by atoms with Gasteiger partial charge in [0, 0.05) is 49.1 Å². The molecule has 0 saturated carbocycles. The van der Waals surface area contributed by atoms with Crippen molar-refractivity contribution in [3.8, 4) is 22.9 Å². The van der Waals surface area contributed by atoms with E-state index in [0.29, 0.717) is 12.2 Å². The molecule has 220 valence electrons. The molecular formula is C27H23ClF4N6O3S. The van der Waals surface area contributed by atoms with Gasteiger partial charge in [-0.3, -0.25) is 0 Å². The second-order valence-corrected chi connectivity index (χ2v) is 11.5. The van der Waals surface area contributed by atoms with Gasteiger partial charge in [0.15, 0.2) is 11.6 Å². The van der Waals surface area contributed by atoms with Crippen molar-refractivity contribution in [2.75, 3.05) is 18.4 Å². The monoisotopic (exact) mass is 622 g/mol. The second kappa shape index (κ2) is 12.2. The highest BCUT2D eigenvalue weighted by atomic mass is 35.5. The fourth-order valence-corrected chi connectivity index (χ4v) is 5.92. The number of piperidine rings is 1. The molecule has 9 nitrogen and oxygen atoms in total. The molecule has 2 aromatic heterocycles. The number of primary sulfonamides is 1. The number of hydrogen-bond acceptors (Lipinski definition) is 8. The first-order chi connectivity index (χ1) is 20.0. The number of alkyl halides is 1. The van der Waals surface area contributed by atoms with Gasteiger partial charge in [0.25, 0.3) is 0 Å². The second-order valence-electron chi connectivity index (χ2n) is 9.45. The van der Waals surface area contributed by atoms with E-state index < -0.39 is 60.8 Å². The Labute approximate surface area is 243 Å². The average molecular weight is 623 g/mol. The molecule has 2 aromatic carbocycles. The maximum atomic E-state index is 15.5. The Bertz CT molecular complexity index is 1730. The lowest BCUT2D eigenvalue weighted by Gasteiger charge is -2.26. The lowest BCUT2D eigenvalue weighted by molar-refractivity contribution is 0.254. The van der Waals surface area contributed by atoms with Crippen LogP contribution in [0.3, 0.4) is 0 Å². The molecule has 1 aliphatic heterocycles. The van der Waals surface area contributed by atoms with Crippen LogP contribution in [0.2, 0.25) is 5.02 Å². The van der Waals surface area contributed by atoms with Crippen LogP contribution >= 0.6 is 11.6 Å². The fraction of sp³-hybridized carbons (Fsp3) is 0.222. The third-order valence-corrected chi connectivity index (χ3v) is 7.92. The number of rotatable bonds is 8. The van der Waals surface area contributed by atoms with E-state index in [1.165, 1.54) is 30.6 Å². The van der Waals surface area contributed by atoms with E-state index in [1.54, 1.807) is 12.1 Å². The van der Waals surface area contributed by atoms with Crippen molar-refractivity contribution in [3.05, 3.63) is 94.5 Å². The van der Waals surface area contributed by atoms with E-state index in [0.717, 1.165) is 18.2 Å². The summed E-state index contributed by atoms with van der Waals surface area (Å²) in [5, 5.41) is 8.71. The maximum absolute atomic E-state index is 15.5. The molecule has 3 heterocycles. The predicted molar refractivity (Wildman–Crippen MR) is 148 cm³/mol. The lowest BCUT2D eigenvalue weighted by Crippen LogP contribution is -2.44. The molecule has 0 amide bonds. The Morgan fingerprint density at radius 2 is 1.81 bits per heavy atom. The van der Waals surface area contributed by atoms with Crippen LogP contribution in [-0.2, 0) is 10.0 Å². The van der Waals surface area contributed by atoms with Gasteiger partial charge in [0.1, 0.15) is 17.2 Å². The van der Waals surface area contributed by atoms with Crippen molar-refractivity contribution < 1.29 is 30.7 Å². The molecule has 1 saturated heterocycles. The van der Waals surface area contributed by atoms with E-state index in [1.807, 2.05) is 0 Å². The van der Waals surface area contributed by atoms with Crippen molar-refractivity contribution in [3.63, 3.8) is 0 Å². The molecule has 5 rings (SSSR count). The molecular weight excluding hydrogens is 600 g/mol. The summed E-state index contributed by atoms with van der Waals surface area (Å²) in [6.45, 7) is 0.778. The Morgan fingerprint density at radius 1 is 1.02 bits per heavy atom. The molecule has 1 unspecified atom stereocenters. The number of aromatic nitrogens is 3. The number of hydrogen-bond donors (Lipinski definition) is 3. The normalized spacial score (nSPS) is 18.0. The minimum atomic E-state index is -4.69. The highest BCUT2D eigenvalue weighted by molar-refractivity contribution is 7.89. The third-order valence-electron chi connectivity index (χ3n) is 6.47. The van der Waals surface area contributed by atoms with Gasteiger partial charge in [0.05, 0.1) is 16.3 Å². The fourth-order valence-electron chi connectivity index (χ4n) is 4.61. The zero-order valence-corrected chi connectivity index (χ0v) is 23.1. The van der Waals surface area contributed by atoms with Crippen molar-refractivity contribution in [1.29, 1.82) is 0 Å². The summed E-state index contributed by atoms with van der Waals surface area (Å²) in [5.41, 5.74) is -0.757. The largest absolute Gasteiger partial charge is 0.434 e. The molecule has 3 atom stereocenters. The van der Waals surface area contributed by atoms with Crippen LogP contribution < -0.4 is 20.5 Å². The van der Waals surface area contributed by atoms with Crippen molar-refractivity contribution in [1.82, 2.24) is 20.3 Å². The van der Waals surface area contributed by atoms with E-state index in [9.17, 15) is 17.2 Å². The third kappa shape index (κ3) is 6.31. The SMILES string of the molecule is NS(=O)(=O)C(c1ccccc1F)c1cc(Cl)c(Oc2ncccc2-c2ccnc(N[C@@H]3CNC[C@@H](F)C3)n2)c(F)c1F. The first-order valence-corrected chi connectivity index (χ1v) is 14.5. The van der Waals surface area contributed by atoms with Gasteiger partial charge in [0.2, 0.25) is 27.7 Å². The number of nitrogens with one attached hydrogen (secondary N) is 2. The molecule has 15 heteroatoms. The van der Waals surface area contributed by atoms with Gasteiger partial charge >= 0.3 is 0 Å². The molecule has 4 aromatic rings. The molecule has 0 bridgehead atoms. The molecule has 42 heavy (non-hydrogen) atoms. The van der Waals surface area contributed by atoms with Crippen LogP contribution in [0.4, 0.5) is 23.5 Å². The Balaban J connectivity index is 1.49. The zero-order valence-electron chi connectivity index (χ0n) is 21.6. The van der Waals surface area contributed by atoms with Crippen LogP contribution in [-0.4, -0.2) is 48.7 Å². The molecule has 1 aliphatic rings. The highest BCUT2D eigenvalue weighted by Crippen LogP contribution is 2.42. The summed E-state index contributed by atoms with van der Waals surface area (Å²) in [4.78, 5) is 12.7. The van der Waals surface area contributed by atoms with Gasteiger partial charge in [-0.25, -0.2) is 41.7 Å². The smallest absolute Gasteiger partial charge is 0.228 e. The molecule has 0 aliphatic carbocycles. The van der Waals surface area contributed by atoms with E-state index in [-0.39, 0.29) is 36.4 Å².